The third-order valence-corrected chi connectivity index (χ3v) is 2.71. The quantitative estimate of drug-likeness (QED) is 0.765. The van der Waals surface area contributed by atoms with Gasteiger partial charge in [-0.1, -0.05) is 0 Å². The Balaban J connectivity index is 2.29. The molecule has 1 saturated heterocycles. The number of hydrogen-bond donors (Lipinski definition) is 1. The Morgan fingerprint density at radius 3 is 2.35 bits per heavy atom. The van der Waals surface area contributed by atoms with Crippen LogP contribution in [-0.4, -0.2) is 48.6 Å². The smallest absolute Gasteiger partial charge is 0.246 e. The van der Waals surface area contributed by atoms with Crippen LogP contribution in [0.3, 0.4) is 0 Å². The van der Waals surface area contributed by atoms with Gasteiger partial charge in [0.25, 0.3) is 0 Å². The van der Waals surface area contributed by atoms with Gasteiger partial charge in [0, 0.05) is 13.1 Å². The first-order valence-electron chi connectivity index (χ1n) is 6.20. The molecule has 1 unspecified atom stereocenters. The molecule has 1 fully saturated rings. The van der Waals surface area contributed by atoms with Crippen molar-refractivity contribution in [3.63, 3.8) is 0 Å². The molecule has 0 aliphatic carbocycles. The van der Waals surface area contributed by atoms with Crippen molar-refractivity contribution in [3.8, 4) is 0 Å². The van der Waals surface area contributed by atoms with E-state index in [1.807, 2.05) is 13.8 Å². The van der Waals surface area contributed by atoms with E-state index in [2.05, 4.69) is 5.32 Å². The van der Waals surface area contributed by atoms with Crippen molar-refractivity contribution in [2.45, 2.75) is 45.8 Å². The summed E-state index contributed by atoms with van der Waals surface area (Å²) in [7, 11) is 0. The Bertz CT molecular complexity index is 273. The first-order valence-corrected chi connectivity index (χ1v) is 6.20. The lowest BCUT2D eigenvalue weighted by Gasteiger charge is -2.21. The molecule has 1 aliphatic heterocycles. The summed E-state index contributed by atoms with van der Waals surface area (Å²) in [5.41, 5.74) is 0. The first kappa shape index (κ1) is 14.0. The van der Waals surface area contributed by atoms with E-state index in [0.29, 0.717) is 0 Å². The molecule has 0 aromatic carbocycles. The second kappa shape index (κ2) is 6.59. The van der Waals surface area contributed by atoms with E-state index in [1.165, 1.54) is 0 Å². The molecule has 98 valence electrons. The standard InChI is InChI=1S/C12H22N2O3/c1-9(2)17-8-11(15)13-10(3)12(16)14-6-4-5-7-14/h9-10H,4-8H2,1-3H3,(H,13,15). The molecule has 0 bridgehead atoms. The highest BCUT2D eigenvalue weighted by Gasteiger charge is 2.24. The van der Waals surface area contributed by atoms with E-state index in [1.54, 1.807) is 11.8 Å². The maximum Gasteiger partial charge on any atom is 0.246 e. The van der Waals surface area contributed by atoms with E-state index in [0.717, 1.165) is 25.9 Å². The van der Waals surface area contributed by atoms with Crippen LogP contribution in [0.25, 0.3) is 0 Å². The molecule has 1 N–H and O–H groups in total. The van der Waals surface area contributed by atoms with Crippen LogP contribution < -0.4 is 5.32 Å². The van der Waals surface area contributed by atoms with Crippen LogP contribution in [-0.2, 0) is 14.3 Å². The highest BCUT2D eigenvalue weighted by molar-refractivity contribution is 5.87. The van der Waals surface area contributed by atoms with Gasteiger partial charge in [-0.15, -0.1) is 0 Å². The highest BCUT2D eigenvalue weighted by Crippen LogP contribution is 2.08. The Labute approximate surface area is 102 Å². The van der Waals surface area contributed by atoms with Crippen molar-refractivity contribution in [2.75, 3.05) is 19.7 Å². The van der Waals surface area contributed by atoms with Crippen molar-refractivity contribution in [2.24, 2.45) is 0 Å². The number of hydrogen-bond acceptors (Lipinski definition) is 3. The molecular weight excluding hydrogens is 220 g/mol. The summed E-state index contributed by atoms with van der Waals surface area (Å²) in [5, 5.41) is 2.66. The lowest BCUT2D eigenvalue weighted by Crippen LogP contribution is -2.47. The number of nitrogens with zero attached hydrogens (tertiary/aromatic N) is 1. The van der Waals surface area contributed by atoms with Gasteiger partial charge >= 0.3 is 0 Å². The molecule has 0 aromatic heterocycles. The molecule has 1 rings (SSSR count). The molecule has 2 amide bonds. The fraction of sp³-hybridized carbons (Fsp3) is 0.833. The maximum absolute atomic E-state index is 11.9. The molecule has 1 atom stereocenters. The number of carbonyl (C=O) groups is 2. The molecule has 1 aliphatic rings. The fourth-order valence-corrected chi connectivity index (χ4v) is 1.80. The van der Waals surface area contributed by atoms with Crippen LogP contribution in [0.15, 0.2) is 0 Å². The van der Waals surface area contributed by atoms with E-state index < -0.39 is 6.04 Å². The minimum atomic E-state index is -0.462. The molecule has 5 heteroatoms. The van der Waals surface area contributed by atoms with Gasteiger partial charge in [0.05, 0.1) is 6.10 Å². The van der Waals surface area contributed by atoms with E-state index in [4.69, 9.17) is 4.74 Å². The van der Waals surface area contributed by atoms with E-state index in [-0.39, 0.29) is 24.5 Å². The summed E-state index contributed by atoms with van der Waals surface area (Å²) >= 11 is 0. The van der Waals surface area contributed by atoms with Gasteiger partial charge in [0.1, 0.15) is 12.6 Å². The molecule has 0 radical (unpaired) electrons. The van der Waals surface area contributed by atoms with Crippen LogP contribution >= 0.6 is 0 Å². The van der Waals surface area contributed by atoms with Crippen molar-refractivity contribution in [1.29, 1.82) is 0 Å². The zero-order valence-corrected chi connectivity index (χ0v) is 10.9. The van der Waals surface area contributed by atoms with Gasteiger partial charge in [-0.05, 0) is 33.6 Å². The zero-order valence-electron chi connectivity index (χ0n) is 10.9. The Morgan fingerprint density at radius 2 is 1.82 bits per heavy atom. The molecule has 1 heterocycles. The Hall–Kier alpha value is -1.10. The molecule has 0 saturated carbocycles. The topological polar surface area (TPSA) is 58.6 Å². The molecule has 17 heavy (non-hydrogen) atoms. The van der Waals surface area contributed by atoms with Crippen LogP contribution in [0.4, 0.5) is 0 Å². The number of rotatable bonds is 5. The largest absolute Gasteiger partial charge is 0.369 e. The summed E-state index contributed by atoms with van der Waals surface area (Å²) < 4.78 is 5.17. The lowest BCUT2D eigenvalue weighted by atomic mass is 10.3. The second-order valence-corrected chi connectivity index (χ2v) is 4.68. The number of amides is 2. The molecule has 5 nitrogen and oxygen atoms in total. The van der Waals surface area contributed by atoms with E-state index in [9.17, 15) is 9.59 Å². The van der Waals surface area contributed by atoms with Crippen LogP contribution in [0.1, 0.15) is 33.6 Å². The predicted octanol–water partition coefficient (Wildman–Crippen LogP) is 0.539. The predicted molar refractivity (Wildman–Crippen MR) is 64.5 cm³/mol. The summed E-state index contributed by atoms with van der Waals surface area (Å²) in [5.74, 6) is -0.237. The minimum Gasteiger partial charge on any atom is -0.369 e. The Kier molecular flexibility index (Phi) is 5.41. The minimum absolute atomic E-state index is 0.000368. The summed E-state index contributed by atoms with van der Waals surface area (Å²) in [6, 6.07) is -0.462. The summed E-state index contributed by atoms with van der Waals surface area (Å²) in [6.07, 6.45) is 2.14. The van der Waals surface area contributed by atoms with Gasteiger partial charge in [0.2, 0.25) is 11.8 Å². The van der Waals surface area contributed by atoms with Gasteiger partial charge in [-0.3, -0.25) is 9.59 Å². The lowest BCUT2D eigenvalue weighted by molar-refractivity contribution is -0.136. The second-order valence-electron chi connectivity index (χ2n) is 4.68. The fourth-order valence-electron chi connectivity index (χ4n) is 1.80. The van der Waals surface area contributed by atoms with Crippen molar-refractivity contribution in [3.05, 3.63) is 0 Å². The zero-order chi connectivity index (χ0) is 12.8. The third-order valence-electron chi connectivity index (χ3n) is 2.71. The maximum atomic E-state index is 11.9. The number of carbonyl (C=O) groups excluding carboxylic acids is 2. The first-order chi connectivity index (χ1) is 8.00. The Morgan fingerprint density at radius 1 is 1.24 bits per heavy atom. The number of ether oxygens (including phenoxy) is 1. The molecule has 0 spiro atoms. The normalized spacial score (nSPS) is 17.3. The van der Waals surface area contributed by atoms with Crippen molar-refractivity contribution < 1.29 is 14.3 Å². The highest BCUT2D eigenvalue weighted by atomic mass is 16.5. The van der Waals surface area contributed by atoms with Gasteiger partial charge in [0.15, 0.2) is 0 Å². The van der Waals surface area contributed by atoms with Crippen molar-refractivity contribution >= 4 is 11.8 Å². The van der Waals surface area contributed by atoms with Gasteiger partial charge in [-0.25, -0.2) is 0 Å². The molecular formula is C12H22N2O3. The summed E-state index contributed by atoms with van der Waals surface area (Å²) in [6.45, 7) is 7.07. The van der Waals surface area contributed by atoms with Crippen LogP contribution in [0.5, 0.6) is 0 Å². The summed E-state index contributed by atoms with van der Waals surface area (Å²) in [4.78, 5) is 25.2. The average Bonchev–Trinajstić information content (AvgIpc) is 2.78. The van der Waals surface area contributed by atoms with Crippen molar-refractivity contribution in [1.82, 2.24) is 10.2 Å². The monoisotopic (exact) mass is 242 g/mol. The average molecular weight is 242 g/mol. The number of likely N-dealkylation sites (tertiary alicyclic amines) is 1. The van der Waals surface area contributed by atoms with E-state index >= 15 is 0 Å². The third kappa shape index (κ3) is 4.73. The number of nitrogens with one attached hydrogen (secondary N) is 1. The SMILES string of the molecule is CC(C)OCC(=O)NC(C)C(=O)N1CCCC1. The van der Waals surface area contributed by atoms with Gasteiger partial charge in [-0.2, -0.15) is 0 Å². The van der Waals surface area contributed by atoms with Crippen LogP contribution in [0, 0.1) is 0 Å². The van der Waals surface area contributed by atoms with Crippen LogP contribution in [0.2, 0.25) is 0 Å². The molecule has 0 aromatic rings. The van der Waals surface area contributed by atoms with Gasteiger partial charge < -0.3 is 15.0 Å².